The first kappa shape index (κ1) is 16.5. The Balaban J connectivity index is 2.77. The third-order valence-electron chi connectivity index (χ3n) is 3.60. The molecule has 0 heterocycles. The molecule has 0 bridgehead atoms. The number of benzene rings is 1. The molecule has 2 atom stereocenters. The molecule has 2 unspecified atom stereocenters. The first-order valence-electron chi connectivity index (χ1n) is 7.25. The molecule has 0 aliphatic rings. The minimum Gasteiger partial charge on any atom is -0.508 e. The normalized spacial score (nSPS) is 13.8. The van der Waals surface area contributed by atoms with Gasteiger partial charge in [-0.3, -0.25) is 10.1 Å². The lowest BCUT2D eigenvalue weighted by Gasteiger charge is -2.26. The maximum absolute atomic E-state index is 12.2. The Morgan fingerprint density at radius 2 is 1.90 bits per heavy atom. The van der Waals surface area contributed by atoms with Gasteiger partial charge in [-0.25, -0.2) is 0 Å². The van der Waals surface area contributed by atoms with Gasteiger partial charge in [0.1, 0.15) is 5.75 Å². The highest BCUT2D eigenvalue weighted by Crippen LogP contribution is 2.25. The average Bonchev–Trinajstić information content (AvgIpc) is 2.42. The maximum Gasteiger partial charge on any atom is 0.239 e. The molecular formula is C16H26N2O2. The van der Waals surface area contributed by atoms with E-state index in [1.807, 2.05) is 46.8 Å². The number of amides is 1. The van der Waals surface area contributed by atoms with Crippen LogP contribution >= 0.6 is 0 Å². The van der Waals surface area contributed by atoms with Crippen LogP contribution in [0.15, 0.2) is 18.2 Å². The van der Waals surface area contributed by atoms with Crippen LogP contribution < -0.4 is 5.32 Å². The lowest BCUT2D eigenvalue weighted by Crippen LogP contribution is -2.45. The molecule has 2 N–H and O–H groups in total. The summed E-state index contributed by atoms with van der Waals surface area (Å²) in [6, 6.07) is 5.16. The predicted octanol–water partition coefficient (Wildman–Crippen LogP) is 2.61. The number of hydrogen-bond acceptors (Lipinski definition) is 3. The summed E-state index contributed by atoms with van der Waals surface area (Å²) >= 11 is 0. The minimum atomic E-state index is -0.273. The van der Waals surface area contributed by atoms with Gasteiger partial charge in [0, 0.05) is 24.7 Å². The van der Waals surface area contributed by atoms with Crippen molar-refractivity contribution in [1.82, 2.24) is 10.2 Å². The number of nitrogens with zero attached hydrogens (tertiary/aromatic N) is 1. The largest absolute Gasteiger partial charge is 0.508 e. The molecule has 0 saturated heterocycles. The summed E-state index contributed by atoms with van der Waals surface area (Å²) in [6.45, 7) is 11.2. The van der Waals surface area contributed by atoms with E-state index in [1.54, 1.807) is 11.0 Å². The SMILES string of the molecule is CCN(CC)C(=O)C(C)NC(C)c1cc(C)ccc1O. The van der Waals surface area contributed by atoms with Gasteiger partial charge in [-0.1, -0.05) is 17.7 Å². The van der Waals surface area contributed by atoms with Crippen molar-refractivity contribution >= 4 is 5.91 Å². The van der Waals surface area contributed by atoms with Crippen LogP contribution in [-0.2, 0) is 4.79 Å². The van der Waals surface area contributed by atoms with Crippen LogP contribution in [0.3, 0.4) is 0 Å². The summed E-state index contributed by atoms with van der Waals surface area (Å²) in [5, 5.41) is 13.2. The number of aryl methyl sites for hydroxylation is 1. The number of phenols is 1. The third-order valence-corrected chi connectivity index (χ3v) is 3.60. The highest BCUT2D eigenvalue weighted by Gasteiger charge is 2.21. The smallest absolute Gasteiger partial charge is 0.239 e. The molecule has 0 radical (unpaired) electrons. The highest BCUT2D eigenvalue weighted by atomic mass is 16.3. The second kappa shape index (κ2) is 7.29. The summed E-state index contributed by atoms with van der Waals surface area (Å²) < 4.78 is 0. The van der Waals surface area contributed by atoms with E-state index >= 15 is 0 Å². The molecule has 0 aromatic heterocycles. The topological polar surface area (TPSA) is 52.6 Å². The molecule has 0 aliphatic heterocycles. The molecule has 1 rings (SSSR count). The average molecular weight is 278 g/mol. The summed E-state index contributed by atoms with van der Waals surface area (Å²) in [7, 11) is 0. The van der Waals surface area contributed by atoms with E-state index in [1.165, 1.54) is 0 Å². The summed E-state index contributed by atoms with van der Waals surface area (Å²) in [5.74, 6) is 0.354. The highest BCUT2D eigenvalue weighted by molar-refractivity contribution is 5.81. The molecule has 20 heavy (non-hydrogen) atoms. The Bertz CT molecular complexity index is 456. The fourth-order valence-electron chi connectivity index (χ4n) is 2.37. The molecule has 1 aromatic carbocycles. The van der Waals surface area contributed by atoms with Crippen LogP contribution in [-0.4, -0.2) is 35.0 Å². The third kappa shape index (κ3) is 3.97. The van der Waals surface area contributed by atoms with Crippen molar-refractivity contribution in [2.24, 2.45) is 0 Å². The molecule has 1 amide bonds. The molecule has 4 heteroatoms. The van der Waals surface area contributed by atoms with Crippen LogP contribution in [0.1, 0.15) is 44.9 Å². The van der Waals surface area contributed by atoms with Gasteiger partial charge in [0.25, 0.3) is 0 Å². The number of nitrogens with one attached hydrogen (secondary N) is 1. The van der Waals surface area contributed by atoms with E-state index in [4.69, 9.17) is 0 Å². The van der Waals surface area contributed by atoms with E-state index < -0.39 is 0 Å². The number of phenolic OH excluding ortho intramolecular Hbond substituents is 1. The van der Waals surface area contributed by atoms with E-state index in [9.17, 15) is 9.90 Å². The van der Waals surface area contributed by atoms with E-state index in [2.05, 4.69) is 5.32 Å². The molecule has 0 saturated carbocycles. The molecule has 0 spiro atoms. The Labute approximate surface area is 121 Å². The number of carbonyl (C=O) groups is 1. The number of likely N-dealkylation sites (N-methyl/N-ethyl adjacent to an activating group) is 1. The van der Waals surface area contributed by atoms with Gasteiger partial charge in [-0.2, -0.15) is 0 Å². The van der Waals surface area contributed by atoms with Crippen molar-refractivity contribution in [3.63, 3.8) is 0 Å². The van der Waals surface area contributed by atoms with Crippen molar-refractivity contribution in [2.75, 3.05) is 13.1 Å². The van der Waals surface area contributed by atoms with Gasteiger partial charge in [0.05, 0.1) is 6.04 Å². The molecule has 0 aliphatic carbocycles. The van der Waals surface area contributed by atoms with Crippen LogP contribution in [0, 0.1) is 6.92 Å². The predicted molar refractivity (Wildman–Crippen MR) is 81.8 cm³/mol. The number of hydrogen-bond donors (Lipinski definition) is 2. The van der Waals surface area contributed by atoms with Crippen molar-refractivity contribution in [3.05, 3.63) is 29.3 Å². The Morgan fingerprint density at radius 3 is 2.45 bits per heavy atom. The van der Waals surface area contributed by atoms with Gasteiger partial charge in [-0.05, 0) is 40.7 Å². The van der Waals surface area contributed by atoms with Gasteiger partial charge in [0.15, 0.2) is 0 Å². The minimum absolute atomic E-state index is 0.0792. The maximum atomic E-state index is 12.2. The van der Waals surface area contributed by atoms with Crippen LogP contribution in [0.4, 0.5) is 0 Å². The Morgan fingerprint density at radius 1 is 1.30 bits per heavy atom. The molecule has 0 fully saturated rings. The lowest BCUT2D eigenvalue weighted by molar-refractivity contribution is -0.132. The monoisotopic (exact) mass is 278 g/mol. The van der Waals surface area contributed by atoms with E-state index in [-0.39, 0.29) is 23.7 Å². The van der Waals surface area contributed by atoms with Crippen LogP contribution in [0.2, 0.25) is 0 Å². The van der Waals surface area contributed by atoms with Crippen LogP contribution in [0.25, 0.3) is 0 Å². The lowest BCUT2D eigenvalue weighted by atomic mass is 10.0. The first-order valence-corrected chi connectivity index (χ1v) is 7.25. The zero-order valence-corrected chi connectivity index (χ0v) is 13.1. The van der Waals surface area contributed by atoms with Crippen molar-refractivity contribution in [3.8, 4) is 5.75 Å². The Kier molecular flexibility index (Phi) is 6.02. The van der Waals surface area contributed by atoms with Gasteiger partial charge in [0.2, 0.25) is 5.91 Å². The number of carbonyl (C=O) groups excluding carboxylic acids is 1. The first-order chi connectivity index (χ1) is 9.40. The summed E-state index contributed by atoms with van der Waals surface area (Å²) in [6.07, 6.45) is 0. The number of aromatic hydroxyl groups is 1. The van der Waals surface area contributed by atoms with Gasteiger partial charge < -0.3 is 10.0 Å². The van der Waals surface area contributed by atoms with E-state index in [0.29, 0.717) is 13.1 Å². The Hall–Kier alpha value is -1.55. The van der Waals surface area contributed by atoms with Crippen molar-refractivity contribution in [1.29, 1.82) is 0 Å². The van der Waals surface area contributed by atoms with Gasteiger partial charge >= 0.3 is 0 Å². The molecule has 4 nitrogen and oxygen atoms in total. The van der Waals surface area contributed by atoms with Gasteiger partial charge in [-0.15, -0.1) is 0 Å². The standard InChI is InChI=1S/C16H26N2O2/c1-6-18(7-2)16(20)13(5)17-12(4)14-10-11(3)8-9-15(14)19/h8-10,12-13,17,19H,6-7H2,1-5H3. The molecule has 1 aromatic rings. The quantitative estimate of drug-likeness (QED) is 0.841. The second-order valence-electron chi connectivity index (χ2n) is 5.18. The summed E-state index contributed by atoms with van der Waals surface area (Å²) in [5.41, 5.74) is 1.92. The number of rotatable bonds is 6. The zero-order chi connectivity index (χ0) is 15.3. The van der Waals surface area contributed by atoms with Crippen molar-refractivity contribution in [2.45, 2.75) is 46.7 Å². The van der Waals surface area contributed by atoms with Crippen LogP contribution in [0.5, 0.6) is 5.75 Å². The summed E-state index contributed by atoms with van der Waals surface area (Å²) in [4.78, 5) is 14.0. The fourth-order valence-corrected chi connectivity index (χ4v) is 2.37. The molecular weight excluding hydrogens is 252 g/mol. The second-order valence-corrected chi connectivity index (χ2v) is 5.18. The zero-order valence-electron chi connectivity index (χ0n) is 13.1. The van der Waals surface area contributed by atoms with E-state index in [0.717, 1.165) is 11.1 Å². The fraction of sp³-hybridized carbons (Fsp3) is 0.562. The molecule has 112 valence electrons. The van der Waals surface area contributed by atoms with Crippen molar-refractivity contribution < 1.29 is 9.90 Å².